The van der Waals surface area contributed by atoms with Crippen LogP contribution >= 0.6 is 0 Å². The smallest absolute Gasteiger partial charge is 0.165 e. The quantitative estimate of drug-likeness (QED) is 0.293. The van der Waals surface area contributed by atoms with Crippen molar-refractivity contribution in [3.05, 3.63) is 109 Å². The van der Waals surface area contributed by atoms with E-state index in [2.05, 4.69) is 26.3 Å². The van der Waals surface area contributed by atoms with Gasteiger partial charge in [-0.15, -0.1) is 0 Å². The number of rotatable bonds is 8. The molecule has 0 aliphatic heterocycles. The third-order valence-electron chi connectivity index (χ3n) is 5.05. The van der Waals surface area contributed by atoms with Gasteiger partial charge in [-0.3, -0.25) is 0 Å². The van der Waals surface area contributed by atoms with Crippen molar-refractivity contribution >= 4 is 0 Å². The van der Waals surface area contributed by atoms with Crippen molar-refractivity contribution in [3.8, 4) is 0 Å². The summed E-state index contributed by atoms with van der Waals surface area (Å²) < 4.78 is 52.1. The van der Waals surface area contributed by atoms with Gasteiger partial charge in [0.15, 0.2) is 23.3 Å². The van der Waals surface area contributed by atoms with Crippen LogP contribution in [0.2, 0.25) is 0 Å². The molecule has 0 atom stereocenters. The van der Waals surface area contributed by atoms with E-state index in [9.17, 15) is 17.6 Å². The minimum absolute atomic E-state index is 0.0968. The number of benzene rings is 1. The second-order valence-electron chi connectivity index (χ2n) is 7.22. The first-order valence-corrected chi connectivity index (χ1v) is 10.1. The Morgan fingerprint density at radius 2 is 1.70 bits per heavy atom. The number of halogens is 4. The maximum atomic E-state index is 13.4. The predicted molar refractivity (Wildman–Crippen MR) is 118 cm³/mol. The molecule has 0 nitrogen and oxygen atoms in total. The van der Waals surface area contributed by atoms with Crippen molar-refractivity contribution in [2.24, 2.45) is 5.92 Å². The first kappa shape index (κ1) is 25.4. The second kappa shape index (κ2) is 13.6. The van der Waals surface area contributed by atoms with Gasteiger partial charge in [0, 0.05) is 5.57 Å². The van der Waals surface area contributed by atoms with Crippen molar-refractivity contribution in [1.29, 1.82) is 0 Å². The Kier molecular flexibility index (Phi) is 11.5. The maximum absolute atomic E-state index is 13.4. The molecule has 0 amide bonds. The molecule has 30 heavy (non-hydrogen) atoms. The van der Waals surface area contributed by atoms with Gasteiger partial charge in [0.05, 0.1) is 0 Å². The molecule has 0 spiro atoms. The van der Waals surface area contributed by atoms with Gasteiger partial charge in [0.2, 0.25) is 0 Å². The Morgan fingerprint density at radius 1 is 1.03 bits per heavy atom. The monoisotopic (exact) mass is 418 g/mol. The van der Waals surface area contributed by atoms with E-state index in [0.29, 0.717) is 17.6 Å². The van der Waals surface area contributed by atoms with E-state index in [1.54, 1.807) is 18.2 Å². The highest BCUT2D eigenvalue weighted by Crippen LogP contribution is 2.28. The zero-order valence-electron chi connectivity index (χ0n) is 17.4. The van der Waals surface area contributed by atoms with Crippen molar-refractivity contribution in [2.45, 2.75) is 44.9 Å². The minimum atomic E-state index is -1.04. The van der Waals surface area contributed by atoms with E-state index in [1.165, 1.54) is 50.3 Å². The van der Waals surface area contributed by atoms with E-state index < -0.39 is 23.3 Å². The molecule has 1 fully saturated rings. The van der Waals surface area contributed by atoms with Gasteiger partial charge in [0.25, 0.3) is 0 Å². The maximum Gasteiger partial charge on any atom is 0.165 e. The Morgan fingerprint density at radius 3 is 2.30 bits per heavy atom. The zero-order chi connectivity index (χ0) is 22.5. The molecule has 162 valence electrons. The molecule has 0 unspecified atom stereocenters. The Labute approximate surface area is 177 Å². The van der Waals surface area contributed by atoms with Gasteiger partial charge in [-0.05, 0) is 42.0 Å². The van der Waals surface area contributed by atoms with E-state index in [1.807, 2.05) is 0 Å². The van der Waals surface area contributed by atoms with Crippen molar-refractivity contribution in [3.63, 3.8) is 0 Å². The minimum Gasteiger partial charge on any atom is -0.204 e. The van der Waals surface area contributed by atoms with Gasteiger partial charge in [-0.2, -0.15) is 0 Å². The van der Waals surface area contributed by atoms with Gasteiger partial charge >= 0.3 is 0 Å². The van der Waals surface area contributed by atoms with E-state index in [0.717, 1.165) is 18.4 Å². The van der Waals surface area contributed by atoms with Crippen molar-refractivity contribution in [1.82, 2.24) is 0 Å². The summed E-state index contributed by atoms with van der Waals surface area (Å²) in [5.74, 6) is -2.74. The third-order valence-corrected chi connectivity index (χ3v) is 5.05. The zero-order valence-corrected chi connectivity index (χ0v) is 17.4. The lowest BCUT2D eigenvalue weighted by Crippen LogP contribution is -2.08. The van der Waals surface area contributed by atoms with Crippen LogP contribution in [0.15, 0.2) is 91.6 Å². The highest BCUT2D eigenvalue weighted by atomic mass is 19.2. The summed E-state index contributed by atoms with van der Waals surface area (Å²) in [5, 5.41) is 0. The predicted octanol–water partition coefficient (Wildman–Crippen LogP) is 8.66. The summed E-state index contributed by atoms with van der Waals surface area (Å²) in [7, 11) is 0. The molecule has 1 aliphatic carbocycles. The van der Waals surface area contributed by atoms with Crippen LogP contribution in [0.4, 0.5) is 17.6 Å². The normalized spacial score (nSPS) is 15.1. The van der Waals surface area contributed by atoms with Crippen LogP contribution in [-0.2, 0) is 6.42 Å². The standard InChI is InChI=1S/C14H18F2.C12H12F2/c15-13-8-4-7-12(14(13)16)10-9-11-5-2-1-3-6-11;1-5-7-8-9(3)10(4)12(14)11(13)6-2/h4,7-8,11H,1-3,5-6,9-10H2;5-8H,1-4H2/b;8-7-,12-11-. The summed E-state index contributed by atoms with van der Waals surface area (Å²) in [6, 6.07) is 4.47. The fraction of sp³-hybridized carbons (Fsp3) is 0.308. The third kappa shape index (κ3) is 8.40. The Balaban J connectivity index is 0.000000304. The molecular weight excluding hydrogens is 388 g/mol. The molecule has 0 radical (unpaired) electrons. The fourth-order valence-corrected chi connectivity index (χ4v) is 3.24. The van der Waals surface area contributed by atoms with E-state index in [-0.39, 0.29) is 5.57 Å². The average molecular weight is 419 g/mol. The number of hydrogen-bond donors (Lipinski definition) is 0. The Bertz CT molecular complexity index is 808. The summed E-state index contributed by atoms with van der Waals surface area (Å²) >= 11 is 0. The SMILES string of the molecule is C=C/C=C\C(=C)C(=C)/C(F)=C(/F)C=C.Fc1cccc(CCC2CCCCC2)c1F. The summed E-state index contributed by atoms with van der Waals surface area (Å²) in [6.07, 6.45) is 13.5. The van der Waals surface area contributed by atoms with Gasteiger partial charge < -0.3 is 0 Å². The first-order valence-electron chi connectivity index (χ1n) is 10.1. The highest BCUT2D eigenvalue weighted by molar-refractivity contribution is 5.48. The van der Waals surface area contributed by atoms with Crippen molar-refractivity contribution in [2.75, 3.05) is 0 Å². The molecule has 4 heteroatoms. The van der Waals surface area contributed by atoms with E-state index >= 15 is 0 Å². The summed E-state index contributed by atoms with van der Waals surface area (Å²) in [4.78, 5) is 0. The number of allylic oxidation sites excluding steroid dienone is 8. The molecule has 1 aromatic rings. The molecular formula is C26H30F4. The summed E-state index contributed by atoms with van der Waals surface area (Å²) in [5.41, 5.74) is 0.727. The lowest BCUT2D eigenvalue weighted by atomic mass is 9.85. The van der Waals surface area contributed by atoms with Gasteiger partial charge in [0.1, 0.15) is 0 Å². The van der Waals surface area contributed by atoms with Crippen LogP contribution in [0.3, 0.4) is 0 Å². The van der Waals surface area contributed by atoms with Gasteiger partial charge in [-0.1, -0.05) is 88.8 Å². The van der Waals surface area contributed by atoms with Crippen LogP contribution in [0.5, 0.6) is 0 Å². The first-order chi connectivity index (χ1) is 14.3. The number of hydrogen-bond acceptors (Lipinski definition) is 0. The largest absolute Gasteiger partial charge is 0.204 e. The second-order valence-corrected chi connectivity index (χ2v) is 7.22. The van der Waals surface area contributed by atoms with E-state index in [4.69, 9.17) is 0 Å². The lowest BCUT2D eigenvalue weighted by Gasteiger charge is -2.21. The van der Waals surface area contributed by atoms with Crippen LogP contribution in [0.1, 0.15) is 44.1 Å². The van der Waals surface area contributed by atoms with Crippen molar-refractivity contribution < 1.29 is 17.6 Å². The molecule has 2 rings (SSSR count). The lowest BCUT2D eigenvalue weighted by molar-refractivity contribution is 0.337. The number of aryl methyl sites for hydroxylation is 1. The average Bonchev–Trinajstić information content (AvgIpc) is 2.78. The van der Waals surface area contributed by atoms with Gasteiger partial charge in [-0.25, -0.2) is 17.6 Å². The van der Waals surface area contributed by atoms with Crippen LogP contribution in [0.25, 0.3) is 0 Å². The molecule has 0 aromatic heterocycles. The van der Waals surface area contributed by atoms with Crippen LogP contribution in [-0.4, -0.2) is 0 Å². The topological polar surface area (TPSA) is 0 Å². The molecule has 1 aromatic carbocycles. The van der Waals surface area contributed by atoms with Crippen LogP contribution < -0.4 is 0 Å². The molecule has 1 aliphatic rings. The fourth-order valence-electron chi connectivity index (χ4n) is 3.24. The Hall–Kier alpha value is -2.62. The molecule has 1 saturated carbocycles. The summed E-state index contributed by atoms with van der Waals surface area (Å²) in [6.45, 7) is 13.4. The molecule has 0 bridgehead atoms. The molecule has 0 heterocycles. The highest BCUT2D eigenvalue weighted by Gasteiger charge is 2.15. The molecule has 0 saturated heterocycles. The van der Waals surface area contributed by atoms with Crippen LogP contribution in [0, 0.1) is 17.6 Å². The molecule has 0 N–H and O–H groups in total.